The van der Waals surface area contributed by atoms with Crippen LogP contribution in [0.5, 0.6) is 0 Å². The van der Waals surface area contributed by atoms with Gasteiger partial charge in [0.15, 0.2) is 5.78 Å². The zero-order chi connectivity index (χ0) is 40.5. The molecule has 54 heavy (non-hydrogen) atoms. The van der Waals surface area contributed by atoms with Gasteiger partial charge < -0.3 is 35.8 Å². The van der Waals surface area contributed by atoms with Crippen molar-refractivity contribution in [2.45, 2.75) is 123 Å². The number of carbonyl (C=O) groups excluding carboxylic acids is 5. The van der Waals surface area contributed by atoms with Gasteiger partial charge in [-0.1, -0.05) is 67.6 Å². The van der Waals surface area contributed by atoms with Crippen molar-refractivity contribution in [3.05, 3.63) is 71.8 Å². The molecule has 296 valence electrons. The first-order valence-electron chi connectivity index (χ1n) is 18.1. The first kappa shape index (κ1) is 44.9. The van der Waals surface area contributed by atoms with Crippen LogP contribution in [-0.4, -0.2) is 89.0 Å². The number of carbonyl (C=O) groups is 6. The molecule has 0 spiro atoms. The molecule has 0 saturated carbocycles. The van der Waals surface area contributed by atoms with Crippen molar-refractivity contribution in [2.75, 3.05) is 6.54 Å². The molecule has 5 atom stereocenters. The summed E-state index contributed by atoms with van der Waals surface area (Å²) < 4.78 is 10.6. The van der Waals surface area contributed by atoms with E-state index in [1.807, 2.05) is 36.4 Å². The Balaban J connectivity index is 2.18. The number of aliphatic imine (C=N–C) groups is 1. The van der Waals surface area contributed by atoms with E-state index in [0.29, 0.717) is 6.42 Å². The van der Waals surface area contributed by atoms with E-state index in [9.17, 15) is 33.9 Å². The van der Waals surface area contributed by atoms with Gasteiger partial charge >= 0.3 is 18.2 Å². The van der Waals surface area contributed by atoms with Crippen molar-refractivity contribution in [2.24, 2.45) is 10.9 Å². The van der Waals surface area contributed by atoms with E-state index in [1.165, 1.54) is 13.1 Å². The van der Waals surface area contributed by atoms with Crippen LogP contribution in [0.4, 0.5) is 9.59 Å². The maximum atomic E-state index is 13.9. The van der Waals surface area contributed by atoms with Gasteiger partial charge in [-0.3, -0.25) is 19.4 Å². The van der Waals surface area contributed by atoms with E-state index in [-0.39, 0.29) is 38.0 Å². The lowest BCUT2D eigenvalue weighted by Crippen LogP contribution is -2.57. The molecule has 5 N–H and O–H groups in total. The number of carboxylic acids is 1. The highest BCUT2D eigenvalue weighted by atomic mass is 16.6. The topological polar surface area (TPSA) is 202 Å². The summed E-state index contributed by atoms with van der Waals surface area (Å²) in [6.07, 6.45) is 0.862. The third-order valence-electron chi connectivity index (χ3n) is 7.75. The number of benzene rings is 2. The second-order valence-electron chi connectivity index (χ2n) is 15.2. The van der Waals surface area contributed by atoms with E-state index in [1.54, 1.807) is 72.7 Å². The zero-order valence-electron chi connectivity index (χ0n) is 32.6. The van der Waals surface area contributed by atoms with Crippen LogP contribution in [0.25, 0.3) is 0 Å². The highest BCUT2D eigenvalue weighted by Crippen LogP contribution is 2.13. The molecule has 0 heterocycles. The number of rotatable bonds is 19. The Hall–Kier alpha value is -5.27. The molecule has 0 aliphatic heterocycles. The monoisotopic (exact) mass is 751 g/mol. The predicted octanol–water partition coefficient (Wildman–Crippen LogP) is 4.78. The summed E-state index contributed by atoms with van der Waals surface area (Å²) in [7, 11) is 0. The molecule has 0 aromatic heterocycles. The van der Waals surface area contributed by atoms with Gasteiger partial charge in [-0.05, 0) is 84.8 Å². The lowest BCUT2D eigenvalue weighted by Gasteiger charge is -2.26. The molecule has 1 unspecified atom stereocenters. The maximum Gasteiger partial charge on any atom is 0.408 e. The van der Waals surface area contributed by atoms with Gasteiger partial charge in [-0.2, -0.15) is 0 Å². The molecule has 0 aliphatic rings. The Morgan fingerprint density at radius 2 is 1.19 bits per heavy atom. The van der Waals surface area contributed by atoms with Crippen molar-refractivity contribution in [3.63, 3.8) is 0 Å². The number of Topliss-reactive ketones (excluding diaryl/α,β-unsaturated/α-hetero) is 1. The largest absolute Gasteiger partial charge is 0.480 e. The first-order chi connectivity index (χ1) is 25.2. The fraction of sp³-hybridized carbons (Fsp3) is 0.525. The van der Waals surface area contributed by atoms with E-state index >= 15 is 0 Å². The van der Waals surface area contributed by atoms with Crippen LogP contribution < -0.4 is 21.3 Å². The van der Waals surface area contributed by atoms with Crippen LogP contribution in [0.1, 0.15) is 85.8 Å². The molecule has 4 amide bonds. The summed E-state index contributed by atoms with van der Waals surface area (Å²) in [4.78, 5) is 81.2. The molecular formula is C40H57N5O9. The number of nitrogens with zero attached hydrogens (tertiary/aromatic N) is 1. The lowest BCUT2D eigenvalue weighted by molar-refractivity contribution is -0.138. The highest BCUT2D eigenvalue weighted by molar-refractivity contribution is 5.94. The van der Waals surface area contributed by atoms with Crippen LogP contribution in [0, 0.1) is 5.92 Å². The van der Waals surface area contributed by atoms with Crippen molar-refractivity contribution in [3.8, 4) is 0 Å². The van der Waals surface area contributed by atoms with E-state index in [2.05, 4.69) is 26.3 Å². The van der Waals surface area contributed by atoms with Gasteiger partial charge in [0.2, 0.25) is 11.8 Å². The Morgan fingerprint density at radius 1 is 0.722 bits per heavy atom. The molecule has 0 bridgehead atoms. The predicted molar refractivity (Wildman–Crippen MR) is 205 cm³/mol. The van der Waals surface area contributed by atoms with E-state index in [4.69, 9.17) is 9.47 Å². The summed E-state index contributed by atoms with van der Waals surface area (Å²) in [5.74, 6) is -3.14. The normalized spacial score (nSPS) is 14.4. The lowest BCUT2D eigenvalue weighted by atomic mass is 9.98. The van der Waals surface area contributed by atoms with Gasteiger partial charge in [0.25, 0.3) is 0 Å². The van der Waals surface area contributed by atoms with Crippen LogP contribution in [-0.2, 0) is 41.5 Å². The molecular weight excluding hydrogens is 694 g/mol. The van der Waals surface area contributed by atoms with Gasteiger partial charge in [0.1, 0.15) is 29.3 Å². The summed E-state index contributed by atoms with van der Waals surface area (Å²) in [5.41, 5.74) is 0.0481. The molecule has 14 nitrogen and oxygen atoms in total. The summed E-state index contributed by atoms with van der Waals surface area (Å²) in [5, 5.41) is 20.5. The Kier molecular flexibility index (Phi) is 17.8. The highest BCUT2D eigenvalue weighted by Gasteiger charge is 2.31. The van der Waals surface area contributed by atoms with Crippen molar-refractivity contribution < 1.29 is 43.3 Å². The maximum absolute atomic E-state index is 13.9. The number of alkyl carbamates (subject to hydrolysis) is 2. The van der Waals surface area contributed by atoms with Gasteiger partial charge in [0, 0.05) is 25.6 Å². The third kappa shape index (κ3) is 18.5. The standard InChI is InChI=1S/C40H57N5O9/c1-26(25-42-30(36(49)50)20-15-21-41-37(51)53-39(3,4)5)22-31(27(2)46)43-34(47)32(23-28-16-11-9-12-17-28)44-35(48)33(24-29-18-13-10-14-19-29)45-38(52)54-40(6,7)8/h9-14,16-19,25-26,30-33H,15,20-24H2,1-8H3,(H,41,51)(H,43,47)(H,44,48)(H,45,52)(H,49,50)/b42-25+/t26?,30-,31-,32-,33-/m1/s1. The van der Waals surface area contributed by atoms with Crippen LogP contribution in [0.2, 0.25) is 0 Å². The van der Waals surface area contributed by atoms with Crippen molar-refractivity contribution >= 4 is 42.0 Å². The van der Waals surface area contributed by atoms with Gasteiger partial charge in [-0.25, -0.2) is 14.4 Å². The van der Waals surface area contributed by atoms with Crippen molar-refractivity contribution in [1.29, 1.82) is 0 Å². The molecule has 0 fully saturated rings. The summed E-state index contributed by atoms with van der Waals surface area (Å²) in [6, 6.07) is 13.8. The number of ketones is 1. The Bertz CT molecular complexity index is 1570. The van der Waals surface area contributed by atoms with Gasteiger partial charge in [0.05, 0.1) is 6.04 Å². The Morgan fingerprint density at radius 3 is 1.65 bits per heavy atom. The van der Waals surface area contributed by atoms with Crippen LogP contribution >= 0.6 is 0 Å². The molecule has 2 rings (SSSR count). The van der Waals surface area contributed by atoms with E-state index < -0.39 is 71.3 Å². The second-order valence-corrected chi connectivity index (χ2v) is 15.2. The van der Waals surface area contributed by atoms with Crippen LogP contribution in [0.3, 0.4) is 0 Å². The molecule has 14 heteroatoms. The quantitative estimate of drug-likeness (QED) is 0.0990. The minimum absolute atomic E-state index is 0.0909. The second kappa shape index (κ2) is 21.4. The fourth-order valence-electron chi connectivity index (χ4n) is 5.18. The number of amides is 4. The van der Waals surface area contributed by atoms with Gasteiger partial charge in [-0.15, -0.1) is 0 Å². The molecule has 0 radical (unpaired) electrons. The number of hydrogen-bond donors (Lipinski definition) is 5. The Labute approximate surface area is 318 Å². The number of nitrogens with one attached hydrogen (secondary N) is 4. The molecule has 0 saturated heterocycles. The average molecular weight is 752 g/mol. The number of ether oxygens (including phenoxy) is 2. The number of carboxylic acid groups (broad SMARTS) is 1. The SMILES string of the molecule is CC(=O)[C@@H](CC(C)/C=N/[C@H](CCCNC(=O)OC(C)(C)C)C(=O)O)NC(=O)[C@@H](Cc1ccccc1)NC(=O)[C@@H](Cc1ccccc1)NC(=O)OC(C)(C)C. The summed E-state index contributed by atoms with van der Waals surface area (Å²) in [6.45, 7) is 13.6. The minimum Gasteiger partial charge on any atom is -0.480 e. The molecule has 0 aliphatic carbocycles. The third-order valence-corrected chi connectivity index (χ3v) is 7.75. The number of hydrogen-bond acceptors (Lipinski definition) is 9. The summed E-state index contributed by atoms with van der Waals surface area (Å²) >= 11 is 0. The van der Waals surface area contributed by atoms with E-state index in [0.717, 1.165) is 11.1 Å². The minimum atomic E-state index is -1.14. The number of aliphatic carboxylic acids is 1. The van der Waals surface area contributed by atoms with Crippen molar-refractivity contribution in [1.82, 2.24) is 21.3 Å². The zero-order valence-corrected chi connectivity index (χ0v) is 32.6. The van der Waals surface area contributed by atoms with Crippen LogP contribution in [0.15, 0.2) is 65.7 Å². The first-order valence-corrected chi connectivity index (χ1v) is 18.1. The smallest absolute Gasteiger partial charge is 0.408 e. The average Bonchev–Trinajstić information content (AvgIpc) is 3.06. The molecule has 2 aromatic carbocycles. The molecule has 2 aromatic rings. The fourth-order valence-corrected chi connectivity index (χ4v) is 5.18.